The Morgan fingerprint density at radius 2 is 0.889 bits per heavy atom. The normalized spacial score (nSPS) is 13.3. The van der Waals surface area contributed by atoms with Crippen molar-refractivity contribution in [2.75, 3.05) is 41.0 Å². The van der Waals surface area contributed by atoms with Gasteiger partial charge in [0.05, 0.1) is 40.3 Å². The fourth-order valence-electron chi connectivity index (χ4n) is 7.46. The van der Waals surface area contributed by atoms with E-state index in [0.717, 1.165) is 57.8 Å². The SMILES string of the molecule is CC/C=C\C/C=C\C/C=C\C/C=C\C/C=C\CCCC(=O)OC(COCCC(C(=O)[O-])[N+](C)(C)C)COC(=O)CCCCCCCCCCCCCCCCCCCCCCCC. The van der Waals surface area contributed by atoms with Crippen LogP contribution in [0.5, 0.6) is 0 Å². The maximum Gasteiger partial charge on any atom is 0.306 e. The van der Waals surface area contributed by atoms with Gasteiger partial charge in [-0.3, -0.25) is 9.59 Å². The molecule has 0 heterocycles. The van der Waals surface area contributed by atoms with Gasteiger partial charge in [-0.25, -0.2) is 0 Å². The molecule has 0 aliphatic rings. The maximum absolute atomic E-state index is 12.7. The van der Waals surface area contributed by atoms with Crippen LogP contribution in [-0.2, 0) is 28.6 Å². The Labute approximate surface area is 388 Å². The lowest BCUT2D eigenvalue weighted by Gasteiger charge is -2.34. The van der Waals surface area contributed by atoms with E-state index in [-0.39, 0.29) is 49.1 Å². The van der Waals surface area contributed by atoms with Crippen LogP contribution in [0.3, 0.4) is 0 Å². The zero-order valence-corrected chi connectivity index (χ0v) is 41.5. The molecule has 0 aliphatic heterocycles. The van der Waals surface area contributed by atoms with Crippen LogP contribution >= 0.6 is 0 Å². The zero-order valence-electron chi connectivity index (χ0n) is 41.5. The molecule has 364 valence electrons. The Morgan fingerprint density at radius 1 is 0.492 bits per heavy atom. The first-order valence-corrected chi connectivity index (χ1v) is 25.8. The molecule has 0 saturated heterocycles. The highest BCUT2D eigenvalue weighted by molar-refractivity contribution is 5.70. The van der Waals surface area contributed by atoms with Crippen molar-refractivity contribution >= 4 is 17.9 Å². The molecule has 0 aromatic carbocycles. The van der Waals surface area contributed by atoms with E-state index < -0.39 is 18.1 Å². The van der Waals surface area contributed by atoms with E-state index in [1.54, 1.807) is 21.1 Å². The summed E-state index contributed by atoms with van der Waals surface area (Å²) in [5.41, 5.74) is 0. The molecule has 0 aromatic heterocycles. The van der Waals surface area contributed by atoms with Crippen LogP contribution in [0, 0.1) is 0 Å². The molecular weight excluding hydrogens is 787 g/mol. The van der Waals surface area contributed by atoms with E-state index in [0.29, 0.717) is 12.8 Å². The minimum Gasteiger partial charge on any atom is -0.544 e. The number of allylic oxidation sites excluding steroid dienone is 10. The third kappa shape index (κ3) is 44.0. The molecule has 8 nitrogen and oxygen atoms in total. The van der Waals surface area contributed by atoms with E-state index in [4.69, 9.17) is 14.2 Å². The summed E-state index contributed by atoms with van der Waals surface area (Å²) in [5, 5.41) is 11.7. The largest absolute Gasteiger partial charge is 0.544 e. The number of quaternary nitrogens is 1. The van der Waals surface area contributed by atoms with Crippen LogP contribution in [0.25, 0.3) is 0 Å². The predicted octanol–water partition coefficient (Wildman–Crippen LogP) is 13.6. The van der Waals surface area contributed by atoms with E-state index in [1.165, 1.54) is 122 Å². The lowest BCUT2D eigenvalue weighted by molar-refractivity contribution is -0.889. The second kappa shape index (κ2) is 45.6. The monoisotopic (exact) mass is 884 g/mol. The third-order valence-electron chi connectivity index (χ3n) is 11.4. The molecule has 8 heteroatoms. The van der Waals surface area contributed by atoms with Gasteiger partial charge in [-0.2, -0.15) is 0 Å². The van der Waals surface area contributed by atoms with Crippen molar-refractivity contribution in [1.29, 1.82) is 0 Å². The summed E-state index contributed by atoms with van der Waals surface area (Å²) in [5.74, 6) is -1.80. The average Bonchev–Trinajstić information content (AvgIpc) is 3.24. The van der Waals surface area contributed by atoms with Crippen molar-refractivity contribution in [2.24, 2.45) is 0 Å². The number of carboxylic acids is 1. The predicted molar refractivity (Wildman–Crippen MR) is 263 cm³/mol. The molecular formula is C55H97NO7. The van der Waals surface area contributed by atoms with Crippen LogP contribution in [0.2, 0.25) is 0 Å². The van der Waals surface area contributed by atoms with Gasteiger partial charge in [0.15, 0.2) is 6.10 Å². The van der Waals surface area contributed by atoms with Crippen LogP contribution in [0.1, 0.15) is 219 Å². The highest BCUT2D eigenvalue weighted by Crippen LogP contribution is 2.16. The van der Waals surface area contributed by atoms with Crippen molar-refractivity contribution in [3.05, 3.63) is 60.8 Å². The lowest BCUT2D eigenvalue weighted by Crippen LogP contribution is -2.55. The summed E-state index contributed by atoms with van der Waals surface area (Å²) >= 11 is 0. The number of carbonyl (C=O) groups excluding carboxylic acids is 3. The quantitative estimate of drug-likeness (QED) is 0.0260. The first-order chi connectivity index (χ1) is 30.6. The molecule has 2 atom stereocenters. The molecule has 0 saturated carbocycles. The van der Waals surface area contributed by atoms with E-state index in [1.807, 2.05) is 0 Å². The molecule has 0 aliphatic carbocycles. The van der Waals surface area contributed by atoms with Crippen molar-refractivity contribution in [1.82, 2.24) is 0 Å². The molecule has 0 spiro atoms. The Balaban J connectivity index is 4.27. The van der Waals surface area contributed by atoms with E-state index in [9.17, 15) is 19.5 Å². The Kier molecular flexibility index (Phi) is 43.4. The van der Waals surface area contributed by atoms with Crippen molar-refractivity contribution in [3.8, 4) is 0 Å². The number of likely N-dealkylation sites (N-methyl/N-ethyl adjacent to an activating group) is 1. The second-order valence-electron chi connectivity index (χ2n) is 18.4. The number of esters is 2. The Hall–Kier alpha value is -2.97. The number of unbranched alkanes of at least 4 members (excludes halogenated alkanes) is 22. The smallest absolute Gasteiger partial charge is 0.306 e. The highest BCUT2D eigenvalue weighted by atomic mass is 16.6. The number of aliphatic carboxylic acids is 1. The minimum absolute atomic E-state index is 0.0180. The van der Waals surface area contributed by atoms with Crippen LogP contribution < -0.4 is 5.11 Å². The fourth-order valence-corrected chi connectivity index (χ4v) is 7.46. The summed E-state index contributed by atoms with van der Waals surface area (Å²) in [6.45, 7) is 4.51. The van der Waals surface area contributed by atoms with Crippen molar-refractivity contribution < 1.29 is 38.2 Å². The van der Waals surface area contributed by atoms with Gasteiger partial charge < -0.3 is 28.6 Å². The molecule has 0 N–H and O–H groups in total. The van der Waals surface area contributed by atoms with Gasteiger partial charge in [0.2, 0.25) is 0 Å². The molecule has 0 bridgehead atoms. The number of rotatable bonds is 46. The molecule has 2 unspecified atom stereocenters. The van der Waals surface area contributed by atoms with Gasteiger partial charge in [-0.05, 0) is 51.4 Å². The van der Waals surface area contributed by atoms with Crippen LogP contribution in [0.15, 0.2) is 60.8 Å². The van der Waals surface area contributed by atoms with Gasteiger partial charge >= 0.3 is 11.9 Å². The molecule has 0 amide bonds. The molecule has 0 radical (unpaired) electrons. The van der Waals surface area contributed by atoms with E-state index >= 15 is 0 Å². The molecule has 0 fully saturated rings. The number of nitrogens with zero attached hydrogens (tertiary/aromatic N) is 1. The summed E-state index contributed by atoms with van der Waals surface area (Å²) < 4.78 is 17.2. The van der Waals surface area contributed by atoms with Crippen LogP contribution in [-0.4, -0.2) is 75.5 Å². The number of carboxylic acid groups (broad SMARTS) is 1. The molecule has 63 heavy (non-hydrogen) atoms. The van der Waals surface area contributed by atoms with Gasteiger partial charge in [0, 0.05) is 19.3 Å². The average molecular weight is 884 g/mol. The standard InChI is InChI=1S/C55H97NO7/c1-6-8-10-12-14-16-18-20-22-24-25-26-27-28-30-31-33-35-37-39-41-43-45-53(57)62-50-51(49-61-48-47-52(55(59)60)56(3,4)5)63-54(58)46-44-42-40-38-36-34-32-29-23-21-19-17-15-13-11-9-7-2/h9,11,15,17,21,23,32,34,38,40,51-52H,6-8,10,12-14,16,18-20,22,24-31,33,35-37,39,41-50H2,1-5H3/b11-9-,17-15-,23-21-,34-32-,40-38-. The lowest BCUT2D eigenvalue weighted by atomic mass is 10.0. The fraction of sp³-hybridized carbons (Fsp3) is 0.764. The number of hydrogen-bond donors (Lipinski definition) is 0. The molecule has 0 aromatic rings. The number of carbonyl (C=O) groups is 3. The van der Waals surface area contributed by atoms with Crippen molar-refractivity contribution in [2.45, 2.75) is 231 Å². The van der Waals surface area contributed by atoms with Gasteiger partial charge in [0.25, 0.3) is 0 Å². The number of ether oxygens (including phenoxy) is 3. The van der Waals surface area contributed by atoms with Crippen molar-refractivity contribution in [3.63, 3.8) is 0 Å². The second-order valence-corrected chi connectivity index (χ2v) is 18.4. The van der Waals surface area contributed by atoms with Crippen LogP contribution in [0.4, 0.5) is 0 Å². The van der Waals surface area contributed by atoms with Gasteiger partial charge in [-0.1, -0.05) is 209 Å². The summed E-state index contributed by atoms with van der Waals surface area (Å²) in [6.07, 6.45) is 57.0. The molecule has 0 rings (SSSR count). The van der Waals surface area contributed by atoms with Gasteiger partial charge in [-0.15, -0.1) is 0 Å². The summed E-state index contributed by atoms with van der Waals surface area (Å²) in [6, 6.07) is -0.737. The maximum atomic E-state index is 12.7. The number of hydrogen-bond acceptors (Lipinski definition) is 7. The summed E-state index contributed by atoms with van der Waals surface area (Å²) in [4.78, 5) is 37.0. The zero-order chi connectivity index (χ0) is 46.3. The first-order valence-electron chi connectivity index (χ1n) is 25.8. The highest BCUT2D eigenvalue weighted by Gasteiger charge is 2.25. The van der Waals surface area contributed by atoms with Gasteiger partial charge in [0.1, 0.15) is 12.6 Å². The topological polar surface area (TPSA) is 102 Å². The summed E-state index contributed by atoms with van der Waals surface area (Å²) in [7, 11) is 5.39. The first kappa shape index (κ1) is 60.0. The van der Waals surface area contributed by atoms with E-state index in [2.05, 4.69) is 74.6 Å². The Morgan fingerprint density at radius 3 is 1.30 bits per heavy atom. The minimum atomic E-state index is -1.13. The third-order valence-corrected chi connectivity index (χ3v) is 11.4. The Bertz CT molecular complexity index is 1210.